The molecule has 5 heteroatoms. The largest absolute Gasteiger partial charge is 0.382 e. The van der Waals surface area contributed by atoms with E-state index in [0.29, 0.717) is 28.2 Å². The molecule has 0 spiro atoms. The first-order valence-electron chi connectivity index (χ1n) is 5.39. The fourth-order valence-corrected chi connectivity index (χ4v) is 1.83. The van der Waals surface area contributed by atoms with Crippen LogP contribution in [0.5, 0.6) is 0 Å². The molecule has 3 aromatic rings. The highest BCUT2D eigenvalue weighted by Crippen LogP contribution is 2.24. The third-order valence-electron chi connectivity index (χ3n) is 2.71. The van der Waals surface area contributed by atoms with Crippen LogP contribution in [0.3, 0.4) is 0 Å². The molecule has 0 unspecified atom stereocenters. The van der Waals surface area contributed by atoms with Crippen molar-refractivity contribution in [1.82, 2.24) is 15.0 Å². The fraction of sp³-hybridized carbons (Fsp3) is 0. The van der Waals surface area contributed by atoms with Crippen molar-refractivity contribution in [2.45, 2.75) is 0 Å². The van der Waals surface area contributed by atoms with E-state index < -0.39 is 0 Å². The van der Waals surface area contributed by atoms with Crippen LogP contribution in [-0.2, 0) is 0 Å². The minimum absolute atomic E-state index is 0.348. The number of aromatic nitrogens is 3. The van der Waals surface area contributed by atoms with Crippen LogP contribution >= 0.6 is 0 Å². The lowest BCUT2D eigenvalue weighted by Gasteiger charge is -2.02. The molecule has 0 radical (unpaired) electrons. The number of fused-ring (bicyclic) bond motifs is 1. The maximum Gasteiger partial charge on any atom is 0.162 e. The summed E-state index contributed by atoms with van der Waals surface area (Å²) in [5.41, 5.74) is 8.37. The molecule has 0 saturated carbocycles. The average molecular weight is 235 g/mol. The van der Waals surface area contributed by atoms with Crippen LogP contribution in [0.2, 0.25) is 0 Å². The molecule has 3 N–H and O–H groups in total. The molecule has 2 heterocycles. The van der Waals surface area contributed by atoms with Crippen LogP contribution in [0.15, 0.2) is 36.5 Å². The molecule has 86 valence electrons. The van der Waals surface area contributed by atoms with Gasteiger partial charge in [-0.2, -0.15) is 5.26 Å². The maximum atomic E-state index is 9.01. The zero-order chi connectivity index (χ0) is 12.5. The van der Waals surface area contributed by atoms with Crippen molar-refractivity contribution in [3.63, 3.8) is 0 Å². The molecule has 0 saturated heterocycles. The molecule has 0 aliphatic heterocycles. The average Bonchev–Trinajstić information content (AvgIpc) is 2.83. The number of anilines is 1. The second-order valence-electron chi connectivity index (χ2n) is 3.84. The number of hydrogen-bond donors (Lipinski definition) is 2. The van der Waals surface area contributed by atoms with Crippen LogP contribution in [-0.4, -0.2) is 15.0 Å². The zero-order valence-electron chi connectivity index (χ0n) is 9.38. The van der Waals surface area contributed by atoms with E-state index in [1.165, 1.54) is 0 Å². The third kappa shape index (κ3) is 1.48. The molecule has 3 rings (SSSR count). The normalized spacial score (nSPS) is 10.4. The van der Waals surface area contributed by atoms with Gasteiger partial charge in [0.15, 0.2) is 11.6 Å². The van der Waals surface area contributed by atoms with E-state index in [4.69, 9.17) is 11.0 Å². The van der Waals surface area contributed by atoms with E-state index in [1.807, 2.05) is 30.3 Å². The molecule has 0 atom stereocenters. The van der Waals surface area contributed by atoms with Gasteiger partial charge in [0.2, 0.25) is 0 Å². The first-order valence-corrected chi connectivity index (χ1v) is 5.39. The fourth-order valence-electron chi connectivity index (χ4n) is 1.83. The first kappa shape index (κ1) is 10.3. The van der Waals surface area contributed by atoms with Gasteiger partial charge < -0.3 is 10.7 Å². The van der Waals surface area contributed by atoms with Crippen molar-refractivity contribution >= 4 is 16.9 Å². The number of nitriles is 1. The van der Waals surface area contributed by atoms with Gasteiger partial charge in [-0.15, -0.1) is 0 Å². The van der Waals surface area contributed by atoms with Gasteiger partial charge in [0.05, 0.1) is 5.56 Å². The standard InChI is InChI=1S/C13H9N5/c14-6-9-7-16-11-10(9)17-13(18-12(11)15)8-4-2-1-3-5-8/h1-5,7,16H,(H2,15,17,18). The van der Waals surface area contributed by atoms with Gasteiger partial charge in [-0.25, -0.2) is 9.97 Å². The minimum Gasteiger partial charge on any atom is -0.382 e. The monoisotopic (exact) mass is 235 g/mol. The zero-order valence-corrected chi connectivity index (χ0v) is 9.38. The summed E-state index contributed by atoms with van der Waals surface area (Å²) in [7, 11) is 0. The third-order valence-corrected chi connectivity index (χ3v) is 2.71. The number of H-pyrrole nitrogens is 1. The summed E-state index contributed by atoms with van der Waals surface area (Å²) >= 11 is 0. The predicted molar refractivity (Wildman–Crippen MR) is 68.5 cm³/mol. The summed E-state index contributed by atoms with van der Waals surface area (Å²) < 4.78 is 0. The summed E-state index contributed by atoms with van der Waals surface area (Å²) in [5.74, 6) is 0.872. The maximum absolute atomic E-state index is 9.01. The Bertz CT molecular complexity index is 752. The van der Waals surface area contributed by atoms with Crippen molar-refractivity contribution in [2.75, 3.05) is 5.73 Å². The molecule has 0 amide bonds. The Balaban J connectivity index is 2.30. The number of nitrogens with two attached hydrogens (primary N) is 1. The minimum atomic E-state index is 0.348. The van der Waals surface area contributed by atoms with Gasteiger partial charge in [-0.1, -0.05) is 30.3 Å². The quantitative estimate of drug-likeness (QED) is 0.675. The Morgan fingerprint density at radius 3 is 2.67 bits per heavy atom. The molecule has 2 aromatic heterocycles. The van der Waals surface area contributed by atoms with Gasteiger partial charge in [0.25, 0.3) is 0 Å². The molecular formula is C13H9N5. The smallest absolute Gasteiger partial charge is 0.162 e. The molecule has 0 bridgehead atoms. The van der Waals surface area contributed by atoms with E-state index in [2.05, 4.69) is 21.0 Å². The molecule has 5 nitrogen and oxygen atoms in total. The highest BCUT2D eigenvalue weighted by atomic mass is 15.0. The molecule has 0 fully saturated rings. The molecule has 1 aromatic carbocycles. The molecule has 0 aliphatic rings. The van der Waals surface area contributed by atoms with Crippen LogP contribution in [0.4, 0.5) is 5.82 Å². The number of hydrogen-bond acceptors (Lipinski definition) is 4. The Morgan fingerprint density at radius 1 is 1.17 bits per heavy atom. The van der Waals surface area contributed by atoms with Crippen LogP contribution in [0, 0.1) is 11.3 Å². The van der Waals surface area contributed by atoms with E-state index >= 15 is 0 Å². The second-order valence-corrected chi connectivity index (χ2v) is 3.84. The number of benzene rings is 1. The Hall–Kier alpha value is -2.87. The lowest BCUT2D eigenvalue weighted by molar-refractivity contribution is 1.23. The summed E-state index contributed by atoms with van der Waals surface area (Å²) in [6.45, 7) is 0. The Kier molecular flexibility index (Phi) is 2.21. The van der Waals surface area contributed by atoms with Crippen molar-refractivity contribution in [3.05, 3.63) is 42.1 Å². The Morgan fingerprint density at radius 2 is 1.94 bits per heavy atom. The number of nitrogens with zero attached hydrogens (tertiary/aromatic N) is 3. The highest BCUT2D eigenvalue weighted by Gasteiger charge is 2.11. The number of nitrogen functional groups attached to an aromatic ring is 1. The number of nitrogens with one attached hydrogen (secondary N) is 1. The van der Waals surface area contributed by atoms with Gasteiger partial charge in [0, 0.05) is 11.8 Å². The second kappa shape index (κ2) is 3.86. The summed E-state index contributed by atoms with van der Waals surface area (Å²) in [6, 6.07) is 11.6. The lowest BCUT2D eigenvalue weighted by atomic mass is 10.2. The molecule has 18 heavy (non-hydrogen) atoms. The van der Waals surface area contributed by atoms with Crippen molar-refractivity contribution in [2.24, 2.45) is 0 Å². The summed E-state index contributed by atoms with van der Waals surface area (Å²) in [4.78, 5) is 11.6. The highest BCUT2D eigenvalue weighted by molar-refractivity contribution is 5.90. The van der Waals surface area contributed by atoms with Crippen molar-refractivity contribution < 1.29 is 0 Å². The van der Waals surface area contributed by atoms with Gasteiger partial charge in [-0.3, -0.25) is 0 Å². The van der Waals surface area contributed by atoms with E-state index in [1.54, 1.807) is 6.20 Å². The summed E-state index contributed by atoms with van der Waals surface area (Å²) in [5, 5.41) is 9.01. The number of rotatable bonds is 1. The van der Waals surface area contributed by atoms with Crippen LogP contribution in [0.25, 0.3) is 22.4 Å². The number of aromatic amines is 1. The van der Waals surface area contributed by atoms with Crippen molar-refractivity contribution in [1.29, 1.82) is 5.26 Å². The van der Waals surface area contributed by atoms with Crippen LogP contribution < -0.4 is 5.73 Å². The Labute approximate surface area is 103 Å². The summed E-state index contributed by atoms with van der Waals surface area (Å²) in [6.07, 6.45) is 1.59. The van der Waals surface area contributed by atoms with Crippen LogP contribution in [0.1, 0.15) is 5.56 Å². The molecular weight excluding hydrogens is 226 g/mol. The lowest BCUT2D eigenvalue weighted by Crippen LogP contribution is -1.97. The van der Waals surface area contributed by atoms with E-state index in [9.17, 15) is 0 Å². The SMILES string of the molecule is N#Cc1c[nH]c2c(N)nc(-c3ccccc3)nc12. The first-order chi connectivity index (χ1) is 8.79. The van der Waals surface area contributed by atoms with Gasteiger partial charge in [0.1, 0.15) is 17.1 Å². The topological polar surface area (TPSA) is 91.4 Å². The molecule has 0 aliphatic carbocycles. The van der Waals surface area contributed by atoms with E-state index in [-0.39, 0.29) is 0 Å². The van der Waals surface area contributed by atoms with Crippen molar-refractivity contribution in [3.8, 4) is 17.5 Å². The van der Waals surface area contributed by atoms with E-state index in [0.717, 1.165) is 5.56 Å². The van der Waals surface area contributed by atoms with Gasteiger partial charge >= 0.3 is 0 Å². The van der Waals surface area contributed by atoms with Gasteiger partial charge in [-0.05, 0) is 0 Å². The predicted octanol–water partition coefficient (Wildman–Crippen LogP) is 2.08.